The van der Waals surface area contributed by atoms with E-state index in [-0.39, 0.29) is 36.7 Å². The number of rotatable bonds is 14. The molecule has 4 aromatic rings. The van der Waals surface area contributed by atoms with Crippen LogP contribution in [0.25, 0.3) is 33.6 Å². The van der Waals surface area contributed by atoms with E-state index in [1.54, 1.807) is 12.4 Å². The van der Waals surface area contributed by atoms with Crippen molar-refractivity contribution < 1.29 is 22.7 Å². The standard InChI is InChI=1S/C31H34Cl2N8O5S/c1-45-30-25(14-35-11-12-47(34,43)44)37-16-23(40-30)21-7-3-5-19(28(21)32)20-6-4-8-22(29(20)33)24-17-38-26(31(41-24)46-2)15-36-13-18-9-10-27(42)39-18/h3-8,16-18,35-36H,9-15H2,1-2H3,(H,39,42)(H2,34,43,44)/t18-/m0/s1. The van der Waals surface area contributed by atoms with Gasteiger partial charge in [-0.05, 0) is 6.42 Å². The fourth-order valence-corrected chi connectivity index (χ4v) is 6.19. The molecule has 1 aliphatic rings. The highest BCUT2D eigenvalue weighted by molar-refractivity contribution is 7.89. The first-order valence-corrected chi connectivity index (χ1v) is 17.1. The Hall–Kier alpha value is -3.92. The first-order chi connectivity index (χ1) is 22.6. The van der Waals surface area contributed by atoms with E-state index >= 15 is 0 Å². The number of nitrogens with two attached hydrogens (primary N) is 1. The zero-order chi connectivity index (χ0) is 33.6. The van der Waals surface area contributed by atoms with Gasteiger partial charge in [0.15, 0.2) is 0 Å². The van der Waals surface area contributed by atoms with Crippen molar-refractivity contribution in [1.29, 1.82) is 0 Å². The molecule has 0 radical (unpaired) electrons. The van der Waals surface area contributed by atoms with Gasteiger partial charge in [-0.25, -0.2) is 23.5 Å². The summed E-state index contributed by atoms with van der Waals surface area (Å²) in [6.07, 6.45) is 4.56. The normalized spacial score (nSPS) is 14.7. The van der Waals surface area contributed by atoms with E-state index in [4.69, 9.17) is 37.8 Å². The highest BCUT2D eigenvalue weighted by atomic mass is 35.5. The molecule has 1 atom stereocenters. The van der Waals surface area contributed by atoms with Crippen LogP contribution in [0.4, 0.5) is 0 Å². The van der Waals surface area contributed by atoms with Crippen LogP contribution in [0.1, 0.15) is 24.2 Å². The van der Waals surface area contributed by atoms with Gasteiger partial charge in [0.25, 0.3) is 0 Å². The summed E-state index contributed by atoms with van der Waals surface area (Å²) in [6, 6.07) is 11.2. The van der Waals surface area contributed by atoms with E-state index in [2.05, 4.69) is 35.9 Å². The number of benzene rings is 2. The molecule has 0 aliphatic carbocycles. The van der Waals surface area contributed by atoms with Gasteiger partial charge in [-0.3, -0.25) is 14.8 Å². The minimum absolute atomic E-state index is 0.0697. The summed E-state index contributed by atoms with van der Waals surface area (Å²) < 4.78 is 33.4. The van der Waals surface area contributed by atoms with E-state index in [0.717, 1.165) is 6.42 Å². The Balaban J connectivity index is 1.37. The van der Waals surface area contributed by atoms with Gasteiger partial charge in [-0.15, -0.1) is 0 Å². The van der Waals surface area contributed by atoms with Crippen molar-refractivity contribution in [2.75, 3.05) is 33.1 Å². The number of primary sulfonamides is 1. The van der Waals surface area contributed by atoms with Gasteiger partial charge in [0.05, 0.1) is 53.8 Å². The lowest BCUT2D eigenvalue weighted by Gasteiger charge is -2.15. The van der Waals surface area contributed by atoms with Crippen molar-refractivity contribution in [3.8, 4) is 45.4 Å². The lowest BCUT2D eigenvalue weighted by Crippen LogP contribution is -2.35. The third-order valence-corrected chi connectivity index (χ3v) is 9.06. The third-order valence-electron chi connectivity index (χ3n) is 7.47. The van der Waals surface area contributed by atoms with E-state index in [1.807, 2.05) is 36.4 Å². The van der Waals surface area contributed by atoms with Gasteiger partial charge in [0, 0.05) is 60.9 Å². The van der Waals surface area contributed by atoms with Crippen LogP contribution in [0.3, 0.4) is 0 Å². The lowest BCUT2D eigenvalue weighted by molar-refractivity contribution is -0.119. The molecule has 248 valence electrons. The Bertz CT molecular complexity index is 1880. The van der Waals surface area contributed by atoms with Crippen LogP contribution in [-0.4, -0.2) is 73.4 Å². The molecular weight excluding hydrogens is 667 g/mol. The van der Waals surface area contributed by atoms with E-state index in [9.17, 15) is 13.2 Å². The van der Waals surface area contributed by atoms with Gasteiger partial charge < -0.3 is 25.4 Å². The van der Waals surface area contributed by atoms with Crippen molar-refractivity contribution in [3.05, 3.63) is 70.2 Å². The van der Waals surface area contributed by atoms with Gasteiger partial charge in [-0.2, -0.15) is 0 Å². The Morgan fingerprint density at radius 3 is 1.85 bits per heavy atom. The summed E-state index contributed by atoms with van der Waals surface area (Å²) in [5.41, 5.74) is 4.73. The second kappa shape index (κ2) is 15.3. The molecule has 5 N–H and O–H groups in total. The molecule has 1 saturated heterocycles. The molecular formula is C31H34Cl2N8O5S. The van der Waals surface area contributed by atoms with Crippen LogP contribution >= 0.6 is 23.2 Å². The number of aromatic nitrogens is 4. The fourth-order valence-electron chi connectivity index (χ4n) is 5.12. The number of hydrogen-bond acceptors (Lipinski definition) is 11. The number of carbonyl (C=O) groups excluding carboxylic acids is 1. The number of sulfonamides is 1. The van der Waals surface area contributed by atoms with E-state index in [0.29, 0.717) is 80.5 Å². The summed E-state index contributed by atoms with van der Waals surface area (Å²) in [5, 5.41) is 15.1. The average molecular weight is 702 g/mol. The summed E-state index contributed by atoms with van der Waals surface area (Å²) in [7, 11) is -0.571. The van der Waals surface area contributed by atoms with Crippen LogP contribution in [-0.2, 0) is 27.9 Å². The predicted molar refractivity (Wildman–Crippen MR) is 180 cm³/mol. The maximum atomic E-state index is 11.5. The molecule has 47 heavy (non-hydrogen) atoms. The SMILES string of the molecule is COc1nc(-c2cccc(-c3cccc(-c4cnc(CNC[C@@H]5CCC(=O)N5)c(OC)n4)c3Cl)c2Cl)cnc1CNCCS(N)(=O)=O. The van der Waals surface area contributed by atoms with Crippen LogP contribution in [0, 0.1) is 0 Å². The molecule has 16 heteroatoms. The Kier molecular flexibility index (Phi) is 11.2. The number of amides is 1. The molecule has 5 rings (SSSR count). The third kappa shape index (κ3) is 8.52. The van der Waals surface area contributed by atoms with Crippen LogP contribution < -0.4 is 30.6 Å². The Labute approximate surface area is 282 Å². The molecule has 2 aromatic carbocycles. The molecule has 1 fully saturated rings. The summed E-state index contributed by atoms with van der Waals surface area (Å²) in [5.74, 6) is 0.491. The van der Waals surface area contributed by atoms with Crippen molar-refractivity contribution >= 4 is 39.1 Å². The molecule has 1 aliphatic heterocycles. The topological polar surface area (TPSA) is 183 Å². The summed E-state index contributed by atoms with van der Waals surface area (Å²) in [6.45, 7) is 1.42. The Morgan fingerprint density at radius 2 is 1.38 bits per heavy atom. The quantitative estimate of drug-likeness (QED) is 0.142. The first kappa shape index (κ1) is 34.4. The molecule has 0 saturated carbocycles. The van der Waals surface area contributed by atoms with E-state index < -0.39 is 10.0 Å². The summed E-state index contributed by atoms with van der Waals surface area (Å²) in [4.78, 5) is 29.8. The highest BCUT2D eigenvalue weighted by Crippen LogP contribution is 2.42. The van der Waals surface area contributed by atoms with Gasteiger partial charge in [0.2, 0.25) is 27.7 Å². The molecule has 0 spiro atoms. The number of nitrogens with one attached hydrogen (secondary N) is 3. The lowest BCUT2D eigenvalue weighted by atomic mass is 9.98. The minimum atomic E-state index is -3.58. The van der Waals surface area contributed by atoms with Crippen molar-refractivity contribution in [1.82, 2.24) is 35.9 Å². The van der Waals surface area contributed by atoms with Crippen molar-refractivity contribution in [3.63, 3.8) is 0 Å². The van der Waals surface area contributed by atoms with Crippen LogP contribution in [0.15, 0.2) is 48.8 Å². The number of halogens is 2. The van der Waals surface area contributed by atoms with Crippen molar-refractivity contribution in [2.45, 2.75) is 32.0 Å². The Morgan fingerprint density at radius 1 is 0.872 bits per heavy atom. The average Bonchev–Trinajstić information content (AvgIpc) is 3.48. The van der Waals surface area contributed by atoms with Crippen LogP contribution in [0.2, 0.25) is 10.0 Å². The van der Waals surface area contributed by atoms with Gasteiger partial charge >= 0.3 is 0 Å². The number of methoxy groups -OCH3 is 2. The number of nitrogens with zero attached hydrogens (tertiary/aromatic N) is 4. The van der Waals surface area contributed by atoms with Crippen LogP contribution in [0.5, 0.6) is 11.8 Å². The number of hydrogen-bond donors (Lipinski definition) is 4. The van der Waals surface area contributed by atoms with Gasteiger partial charge in [0.1, 0.15) is 11.4 Å². The van der Waals surface area contributed by atoms with E-state index in [1.165, 1.54) is 14.2 Å². The van der Waals surface area contributed by atoms with Crippen molar-refractivity contribution in [2.24, 2.45) is 5.14 Å². The largest absolute Gasteiger partial charge is 0.480 e. The minimum Gasteiger partial charge on any atom is -0.480 e. The fraction of sp³-hybridized carbons (Fsp3) is 0.323. The maximum Gasteiger partial charge on any atom is 0.237 e. The molecule has 13 nitrogen and oxygen atoms in total. The molecule has 0 bridgehead atoms. The molecule has 1 amide bonds. The monoisotopic (exact) mass is 700 g/mol. The second-order valence-corrected chi connectivity index (χ2v) is 13.2. The molecule has 3 heterocycles. The first-order valence-electron chi connectivity index (χ1n) is 14.7. The second-order valence-electron chi connectivity index (χ2n) is 10.7. The zero-order valence-electron chi connectivity index (χ0n) is 25.7. The number of ether oxygens (including phenoxy) is 2. The smallest absolute Gasteiger partial charge is 0.237 e. The highest BCUT2D eigenvalue weighted by Gasteiger charge is 2.21. The zero-order valence-corrected chi connectivity index (χ0v) is 28.0. The maximum absolute atomic E-state index is 11.5. The number of carbonyl (C=O) groups is 1. The molecule has 2 aromatic heterocycles. The summed E-state index contributed by atoms with van der Waals surface area (Å²) >= 11 is 14.0. The molecule has 0 unspecified atom stereocenters. The predicted octanol–water partition coefficient (Wildman–Crippen LogP) is 3.34. The van der Waals surface area contributed by atoms with Gasteiger partial charge in [-0.1, -0.05) is 59.6 Å².